The van der Waals surface area contributed by atoms with Gasteiger partial charge in [-0.3, -0.25) is 4.79 Å². The largest absolute Gasteiger partial charge is 0.459 e. The van der Waals surface area contributed by atoms with Crippen molar-refractivity contribution in [2.75, 3.05) is 0 Å². The zero-order chi connectivity index (χ0) is 19.3. The van der Waals surface area contributed by atoms with Crippen molar-refractivity contribution in [1.82, 2.24) is 15.5 Å². The highest BCUT2D eigenvalue weighted by molar-refractivity contribution is 6.30. The second-order valence-corrected chi connectivity index (χ2v) is 6.60. The Morgan fingerprint density at radius 2 is 1.93 bits per heavy atom. The number of nitrogens with zero attached hydrogens (tertiary/aromatic N) is 2. The first-order valence-electron chi connectivity index (χ1n) is 8.67. The predicted octanol–water partition coefficient (Wildman–Crippen LogP) is 4.70. The SMILES string of the molecule is O=C(NC(Cc1ccccc1)c1nc(-c2cccc(Cl)c2)no1)c1ccco1. The van der Waals surface area contributed by atoms with Crippen LogP contribution in [0.3, 0.4) is 0 Å². The summed E-state index contributed by atoms with van der Waals surface area (Å²) < 4.78 is 10.6. The molecule has 1 atom stereocenters. The summed E-state index contributed by atoms with van der Waals surface area (Å²) in [7, 11) is 0. The van der Waals surface area contributed by atoms with Crippen LogP contribution in [0.4, 0.5) is 0 Å². The second-order valence-electron chi connectivity index (χ2n) is 6.16. The molecule has 2 aromatic heterocycles. The van der Waals surface area contributed by atoms with E-state index in [2.05, 4.69) is 15.5 Å². The Hall–Kier alpha value is -3.38. The van der Waals surface area contributed by atoms with Gasteiger partial charge in [0.25, 0.3) is 5.91 Å². The van der Waals surface area contributed by atoms with Crippen molar-refractivity contribution in [1.29, 1.82) is 0 Å². The summed E-state index contributed by atoms with van der Waals surface area (Å²) in [6.45, 7) is 0. The smallest absolute Gasteiger partial charge is 0.287 e. The zero-order valence-electron chi connectivity index (χ0n) is 14.7. The third-order valence-electron chi connectivity index (χ3n) is 4.16. The molecule has 2 heterocycles. The highest BCUT2D eigenvalue weighted by Gasteiger charge is 2.24. The Kier molecular flexibility index (Phi) is 5.21. The molecule has 0 radical (unpaired) electrons. The van der Waals surface area contributed by atoms with Gasteiger partial charge >= 0.3 is 0 Å². The number of nitrogens with one attached hydrogen (secondary N) is 1. The van der Waals surface area contributed by atoms with Crippen molar-refractivity contribution in [2.24, 2.45) is 0 Å². The normalized spacial score (nSPS) is 11.9. The lowest BCUT2D eigenvalue weighted by molar-refractivity contribution is 0.0900. The number of benzene rings is 2. The van der Waals surface area contributed by atoms with Crippen molar-refractivity contribution in [3.8, 4) is 11.4 Å². The third-order valence-corrected chi connectivity index (χ3v) is 4.39. The van der Waals surface area contributed by atoms with Crippen molar-refractivity contribution in [3.05, 3.63) is 95.2 Å². The number of amides is 1. The highest BCUT2D eigenvalue weighted by Crippen LogP contribution is 2.24. The number of hydrogen-bond donors (Lipinski definition) is 1. The molecule has 0 bridgehead atoms. The van der Waals surface area contributed by atoms with Crippen molar-refractivity contribution >= 4 is 17.5 Å². The molecule has 4 aromatic rings. The molecule has 0 aliphatic heterocycles. The van der Waals surface area contributed by atoms with Crippen LogP contribution in [0.25, 0.3) is 11.4 Å². The first kappa shape index (κ1) is 18.0. The van der Waals surface area contributed by atoms with Gasteiger partial charge in [-0.25, -0.2) is 0 Å². The van der Waals surface area contributed by atoms with E-state index in [-0.39, 0.29) is 11.7 Å². The van der Waals surface area contributed by atoms with Gasteiger partial charge in [0.15, 0.2) is 5.76 Å². The van der Waals surface area contributed by atoms with E-state index in [0.717, 1.165) is 11.1 Å². The molecular formula is C21H16ClN3O3. The molecule has 7 heteroatoms. The molecule has 140 valence electrons. The van der Waals surface area contributed by atoms with Crippen LogP contribution < -0.4 is 5.32 Å². The van der Waals surface area contributed by atoms with Gasteiger partial charge in [0, 0.05) is 17.0 Å². The van der Waals surface area contributed by atoms with Crippen LogP contribution in [0.2, 0.25) is 5.02 Å². The zero-order valence-corrected chi connectivity index (χ0v) is 15.5. The summed E-state index contributed by atoms with van der Waals surface area (Å²) in [5.74, 6) is 0.572. The van der Waals surface area contributed by atoms with Crippen molar-refractivity contribution < 1.29 is 13.7 Å². The fourth-order valence-corrected chi connectivity index (χ4v) is 3.00. The maximum absolute atomic E-state index is 12.5. The van der Waals surface area contributed by atoms with E-state index in [9.17, 15) is 4.79 Å². The Morgan fingerprint density at radius 3 is 2.68 bits per heavy atom. The molecule has 1 amide bonds. The number of carbonyl (C=O) groups is 1. The Labute approximate surface area is 166 Å². The quantitative estimate of drug-likeness (QED) is 0.513. The summed E-state index contributed by atoms with van der Waals surface area (Å²) in [5, 5.41) is 7.53. The Bertz CT molecular complexity index is 1060. The standard InChI is InChI=1S/C21H16ClN3O3/c22-16-9-4-8-15(13-16)19-24-21(28-25-19)17(12-14-6-2-1-3-7-14)23-20(26)18-10-5-11-27-18/h1-11,13,17H,12H2,(H,23,26). The minimum atomic E-state index is -0.513. The lowest BCUT2D eigenvalue weighted by Gasteiger charge is -2.14. The van der Waals surface area contributed by atoms with Crippen molar-refractivity contribution in [2.45, 2.75) is 12.5 Å². The van der Waals surface area contributed by atoms with E-state index < -0.39 is 6.04 Å². The van der Waals surface area contributed by atoms with Gasteiger partial charge in [-0.1, -0.05) is 59.2 Å². The molecular weight excluding hydrogens is 378 g/mol. The average molecular weight is 394 g/mol. The number of aromatic nitrogens is 2. The minimum absolute atomic E-state index is 0.215. The van der Waals surface area contributed by atoms with Crippen LogP contribution in [-0.2, 0) is 6.42 Å². The van der Waals surface area contributed by atoms with Crippen LogP contribution in [-0.4, -0.2) is 16.0 Å². The van der Waals surface area contributed by atoms with Crippen LogP contribution in [0.5, 0.6) is 0 Å². The van der Waals surface area contributed by atoms with E-state index >= 15 is 0 Å². The van der Waals surface area contributed by atoms with Gasteiger partial charge < -0.3 is 14.3 Å². The van der Waals surface area contributed by atoms with Crippen LogP contribution in [0, 0.1) is 0 Å². The van der Waals surface area contributed by atoms with Gasteiger partial charge in [0.2, 0.25) is 11.7 Å². The first-order chi connectivity index (χ1) is 13.7. The molecule has 28 heavy (non-hydrogen) atoms. The van der Waals surface area contributed by atoms with Gasteiger partial charge in [-0.05, 0) is 29.8 Å². The second kappa shape index (κ2) is 8.10. The first-order valence-corrected chi connectivity index (χ1v) is 9.04. The summed E-state index contributed by atoms with van der Waals surface area (Å²) in [6.07, 6.45) is 1.94. The predicted molar refractivity (Wildman–Crippen MR) is 104 cm³/mol. The molecule has 0 spiro atoms. The van der Waals surface area contributed by atoms with E-state index in [1.807, 2.05) is 42.5 Å². The summed E-state index contributed by atoms with van der Waals surface area (Å²) in [4.78, 5) is 17.0. The summed E-state index contributed by atoms with van der Waals surface area (Å²) in [6, 6.07) is 19.7. The molecule has 0 aliphatic rings. The topological polar surface area (TPSA) is 81.2 Å². The molecule has 4 rings (SSSR count). The van der Waals surface area contributed by atoms with Crippen LogP contribution in [0.15, 0.2) is 81.9 Å². The average Bonchev–Trinajstić information content (AvgIpc) is 3.41. The summed E-state index contributed by atoms with van der Waals surface area (Å²) in [5.41, 5.74) is 1.76. The number of carbonyl (C=O) groups excluding carboxylic acids is 1. The van der Waals surface area contributed by atoms with E-state index in [1.165, 1.54) is 6.26 Å². The molecule has 0 aliphatic carbocycles. The molecule has 6 nitrogen and oxygen atoms in total. The number of furan rings is 1. The van der Waals surface area contributed by atoms with Gasteiger partial charge in [0.1, 0.15) is 6.04 Å². The van der Waals surface area contributed by atoms with Crippen LogP contribution in [0.1, 0.15) is 28.1 Å². The van der Waals surface area contributed by atoms with Gasteiger partial charge in [-0.2, -0.15) is 4.98 Å². The third kappa shape index (κ3) is 4.13. The molecule has 0 saturated carbocycles. The number of rotatable bonds is 6. The lowest BCUT2D eigenvalue weighted by Crippen LogP contribution is -2.30. The fourth-order valence-electron chi connectivity index (χ4n) is 2.81. The van der Waals surface area contributed by atoms with Gasteiger partial charge in [-0.15, -0.1) is 0 Å². The maximum atomic E-state index is 12.5. The highest BCUT2D eigenvalue weighted by atomic mass is 35.5. The summed E-state index contributed by atoms with van der Waals surface area (Å²) >= 11 is 6.04. The lowest BCUT2D eigenvalue weighted by atomic mass is 10.1. The van der Waals surface area contributed by atoms with E-state index in [0.29, 0.717) is 23.2 Å². The maximum Gasteiger partial charge on any atom is 0.287 e. The molecule has 0 fully saturated rings. The molecule has 0 saturated heterocycles. The van der Waals surface area contributed by atoms with Crippen LogP contribution >= 0.6 is 11.6 Å². The monoisotopic (exact) mass is 393 g/mol. The fraction of sp³-hybridized carbons (Fsp3) is 0.0952. The molecule has 2 aromatic carbocycles. The van der Waals surface area contributed by atoms with E-state index in [4.69, 9.17) is 20.5 Å². The molecule has 1 N–H and O–H groups in total. The van der Waals surface area contributed by atoms with Gasteiger partial charge in [0.05, 0.1) is 6.26 Å². The minimum Gasteiger partial charge on any atom is -0.459 e. The Balaban J connectivity index is 1.62. The number of hydrogen-bond acceptors (Lipinski definition) is 5. The van der Waals surface area contributed by atoms with E-state index in [1.54, 1.807) is 24.3 Å². The van der Waals surface area contributed by atoms with Crippen molar-refractivity contribution in [3.63, 3.8) is 0 Å². The molecule has 1 unspecified atom stereocenters. The number of halogens is 1. The Morgan fingerprint density at radius 1 is 1.07 bits per heavy atom.